The van der Waals surface area contributed by atoms with Crippen molar-refractivity contribution < 1.29 is 9.59 Å². The molecule has 1 N–H and O–H groups in total. The summed E-state index contributed by atoms with van der Waals surface area (Å²) in [5.74, 6) is 0.209. The van der Waals surface area contributed by atoms with Crippen molar-refractivity contribution >= 4 is 11.8 Å². The summed E-state index contributed by atoms with van der Waals surface area (Å²) in [6.07, 6.45) is 7.50. The molecule has 0 aromatic carbocycles. The van der Waals surface area contributed by atoms with E-state index in [1.165, 1.54) is 0 Å². The van der Waals surface area contributed by atoms with Crippen LogP contribution in [0.15, 0.2) is 0 Å². The van der Waals surface area contributed by atoms with Gasteiger partial charge in [0.25, 0.3) is 0 Å². The largest absolute Gasteiger partial charge is 0.342 e. The first-order chi connectivity index (χ1) is 9.09. The van der Waals surface area contributed by atoms with Crippen molar-refractivity contribution in [1.82, 2.24) is 10.2 Å². The van der Waals surface area contributed by atoms with Gasteiger partial charge in [-0.3, -0.25) is 9.59 Å². The number of amides is 2. The minimum Gasteiger partial charge on any atom is -0.342 e. The summed E-state index contributed by atoms with van der Waals surface area (Å²) in [4.78, 5) is 26.8. The van der Waals surface area contributed by atoms with Crippen molar-refractivity contribution in [3.63, 3.8) is 0 Å². The van der Waals surface area contributed by atoms with Crippen LogP contribution in [-0.4, -0.2) is 34.8 Å². The zero-order valence-corrected chi connectivity index (χ0v) is 12.2. The first-order valence-electron chi connectivity index (χ1n) is 7.71. The Bertz CT molecular complexity index is 348. The number of nitrogens with zero attached hydrogens (tertiary/aromatic N) is 1. The lowest BCUT2D eigenvalue weighted by Gasteiger charge is -2.34. The van der Waals surface area contributed by atoms with E-state index in [0.29, 0.717) is 6.42 Å². The predicted molar refractivity (Wildman–Crippen MR) is 74.7 cm³/mol. The Morgan fingerprint density at radius 3 is 2.58 bits per heavy atom. The third-order valence-electron chi connectivity index (χ3n) is 4.52. The average Bonchev–Trinajstić information content (AvgIpc) is 2.80. The number of nitrogens with one attached hydrogen (secondary N) is 1. The highest BCUT2D eigenvalue weighted by Gasteiger charge is 2.47. The Balaban J connectivity index is 2.14. The third kappa shape index (κ3) is 2.93. The molecule has 2 rings (SSSR count). The van der Waals surface area contributed by atoms with Crippen molar-refractivity contribution in [2.24, 2.45) is 0 Å². The van der Waals surface area contributed by atoms with Crippen LogP contribution < -0.4 is 5.32 Å². The van der Waals surface area contributed by atoms with Gasteiger partial charge in [-0.2, -0.15) is 0 Å². The maximum absolute atomic E-state index is 12.8. The van der Waals surface area contributed by atoms with Crippen LogP contribution in [-0.2, 0) is 9.59 Å². The van der Waals surface area contributed by atoms with Crippen LogP contribution in [0.2, 0.25) is 0 Å². The summed E-state index contributed by atoms with van der Waals surface area (Å²) in [5, 5.41) is 3.02. The number of carbonyl (C=O) groups excluding carboxylic acids is 2. The van der Waals surface area contributed by atoms with Crippen LogP contribution in [0.5, 0.6) is 0 Å². The second-order valence-electron chi connectivity index (χ2n) is 6.10. The zero-order chi connectivity index (χ0) is 13.9. The Morgan fingerprint density at radius 1 is 1.26 bits per heavy atom. The van der Waals surface area contributed by atoms with Crippen molar-refractivity contribution in [1.29, 1.82) is 0 Å². The Kier molecular flexibility index (Phi) is 4.48. The first kappa shape index (κ1) is 14.4. The maximum Gasteiger partial charge on any atom is 0.248 e. The maximum atomic E-state index is 12.8. The van der Waals surface area contributed by atoms with E-state index >= 15 is 0 Å². The topological polar surface area (TPSA) is 49.4 Å². The SMILES string of the molecule is CCCCCN1C(=O)C2(CCCC2)NC(=O)CC1C. The lowest BCUT2D eigenvalue weighted by molar-refractivity contribution is -0.140. The molecule has 1 heterocycles. The summed E-state index contributed by atoms with van der Waals surface area (Å²) in [6, 6.07) is 0.0318. The summed E-state index contributed by atoms with van der Waals surface area (Å²) in [6.45, 7) is 4.96. The molecule has 1 aliphatic heterocycles. The molecule has 0 bridgehead atoms. The van der Waals surface area contributed by atoms with E-state index in [1.807, 2.05) is 11.8 Å². The Labute approximate surface area is 115 Å². The minimum atomic E-state index is -0.575. The number of hydrogen-bond donors (Lipinski definition) is 1. The molecule has 1 unspecified atom stereocenters. The fourth-order valence-corrected chi connectivity index (χ4v) is 3.40. The molecular weight excluding hydrogens is 240 g/mol. The zero-order valence-electron chi connectivity index (χ0n) is 12.2. The molecule has 19 heavy (non-hydrogen) atoms. The van der Waals surface area contributed by atoms with Gasteiger partial charge >= 0.3 is 0 Å². The molecule has 1 saturated heterocycles. The van der Waals surface area contributed by atoms with Gasteiger partial charge in [0.05, 0.1) is 0 Å². The molecule has 0 aromatic heterocycles. The summed E-state index contributed by atoms with van der Waals surface area (Å²) in [5.41, 5.74) is -0.575. The molecule has 1 atom stereocenters. The van der Waals surface area contributed by atoms with Gasteiger partial charge in [-0.15, -0.1) is 0 Å². The highest BCUT2D eigenvalue weighted by atomic mass is 16.2. The molecule has 1 spiro atoms. The van der Waals surface area contributed by atoms with Crippen molar-refractivity contribution in [2.75, 3.05) is 6.54 Å². The van der Waals surface area contributed by atoms with Crippen LogP contribution in [0.1, 0.15) is 65.2 Å². The Hall–Kier alpha value is -1.06. The normalized spacial score (nSPS) is 26.6. The summed E-state index contributed by atoms with van der Waals surface area (Å²) >= 11 is 0. The summed E-state index contributed by atoms with van der Waals surface area (Å²) in [7, 11) is 0. The quantitative estimate of drug-likeness (QED) is 0.793. The number of unbranched alkanes of at least 4 members (excludes halogenated alkanes) is 2. The van der Waals surface area contributed by atoms with Crippen LogP contribution in [0.4, 0.5) is 0 Å². The summed E-state index contributed by atoms with van der Waals surface area (Å²) < 4.78 is 0. The fraction of sp³-hybridized carbons (Fsp3) is 0.867. The van der Waals surface area contributed by atoms with Gasteiger partial charge in [0, 0.05) is 19.0 Å². The van der Waals surface area contributed by atoms with Crippen LogP contribution >= 0.6 is 0 Å². The highest BCUT2D eigenvalue weighted by molar-refractivity contribution is 5.94. The van der Waals surface area contributed by atoms with E-state index in [0.717, 1.165) is 51.5 Å². The highest BCUT2D eigenvalue weighted by Crippen LogP contribution is 2.34. The van der Waals surface area contributed by atoms with Gasteiger partial charge in [0.1, 0.15) is 5.54 Å². The molecular formula is C15H26N2O2. The lowest BCUT2D eigenvalue weighted by Crippen LogP contribution is -2.56. The number of hydrogen-bond acceptors (Lipinski definition) is 2. The van der Waals surface area contributed by atoms with E-state index in [-0.39, 0.29) is 17.9 Å². The van der Waals surface area contributed by atoms with Gasteiger partial charge in [0.15, 0.2) is 0 Å². The van der Waals surface area contributed by atoms with E-state index < -0.39 is 5.54 Å². The van der Waals surface area contributed by atoms with Crippen molar-refractivity contribution in [3.8, 4) is 0 Å². The van der Waals surface area contributed by atoms with E-state index in [9.17, 15) is 9.59 Å². The minimum absolute atomic E-state index is 0.0318. The molecule has 0 aromatic rings. The smallest absolute Gasteiger partial charge is 0.248 e. The third-order valence-corrected chi connectivity index (χ3v) is 4.52. The monoisotopic (exact) mass is 266 g/mol. The first-order valence-corrected chi connectivity index (χ1v) is 7.71. The molecule has 2 aliphatic rings. The second kappa shape index (κ2) is 5.93. The predicted octanol–water partition coefficient (Wildman–Crippen LogP) is 2.23. The van der Waals surface area contributed by atoms with Gasteiger partial charge in [-0.05, 0) is 26.2 Å². The molecule has 0 radical (unpaired) electrons. The van der Waals surface area contributed by atoms with Crippen LogP contribution in [0.25, 0.3) is 0 Å². The van der Waals surface area contributed by atoms with Gasteiger partial charge < -0.3 is 10.2 Å². The molecule has 1 saturated carbocycles. The molecule has 1 aliphatic carbocycles. The number of carbonyl (C=O) groups is 2. The molecule has 4 heteroatoms. The average molecular weight is 266 g/mol. The molecule has 4 nitrogen and oxygen atoms in total. The number of rotatable bonds is 4. The molecule has 2 fully saturated rings. The van der Waals surface area contributed by atoms with Crippen LogP contribution in [0.3, 0.4) is 0 Å². The molecule has 108 valence electrons. The van der Waals surface area contributed by atoms with E-state index in [4.69, 9.17) is 0 Å². The second-order valence-corrected chi connectivity index (χ2v) is 6.10. The van der Waals surface area contributed by atoms with E-state index in [1.54, 1.807) is 0 Å². The van der Waals surface area contributed by atoms with E-state index in [2.05, 4.69) is 12.2 Å². The van der Waals surface area contributed by atoms with Crippen molar-refractivity contribution in [3.05, 3.63) is 0 Å². The van der Waals surface area contributed by atoms with Gasteiger partial charge in [-0.25, -0.2) is 0 Å². The van der Waals surface area contributed by atoms with Crippen molar-refractivity contribution in [2.45, 2.75) is 76.8 Å². The molecule has 2 amide bonds. The fourth-order valence-electron chi connectivity index (χ4n) is 3.40. The van der Waals surface area contributed by atoms with Gasteiger partial charge in [-0.1, -0.05) is 32.6 Å². The van der Waals surface area contributed by atoms with Gasteiger partial charge in [0.2, 0.25) is 11.8 Å². The van der Waals surface area contributed by atoms with Crippen LogP contribution in [0, 0.1) is 0 Å². The Morgan fingerprint density at radius 2 is 1.95 bits per heavy atom. The lowest BCUT2D eigenvalue weighted by atomic mass is 9.95. The standard InChI is InChI=1S/C15H26N2O2/c1-3-4-7-10-17-12(2)11-13(18)16-15(14(17)19)8-5-6-9-15/h12H,3-11H2,1-2H3,(H,16,18).